The third-order valence-electron chi connectivity index (χ3n) is 4.99. The topological polar surface area (TPSA) is 81.3 Å². The van der Waals surface area contributed by atoms with Gasteiger partial charge in [-0.25, -0.2) is 4.68 Å². The maximum absolute atomic E-state index is 13.3. The fraction of sp³-hybridized carbons (Fsp3) is 0.136. The van der Waals surface area contributed by atoms with E-state index < -0.39 is 22.2 Å². The van der Waals surface area contributed by atoms with Crippen molar-refractivity contribution in [3.63, 3.8) is 0 Å². The standard InChI is InChI=1S/C22H18N2O4.Ni/c1-13-8-10-16(11-9-13)24-22(28)17(18-19(25)21(27)20(18)26)14(2)23(24)12-15-6-4-3-5-7-15;/h3-11,25H,12H2,1-2H3;. The van der Waals surface area contributed by atoms with Crippen molar-refractivity contribution in [2.75, 3.05) is 0 Å². The minimum absolute atomic E-state index is 0. The van der Waals surface area contributed by atoms with Gasteiger partial charge < -0.3 is 5.11 Å². The first-order valence-electron chi connectivity index (χ1n) is 8.86. The Hall–Kier alpha value is -3.18. The second kappa shape index (κ2) is 7.68. The van der Waals surface area contributed by atoms with Crippen LogP contribution in [0.2, 0.25) is 0 Å². The number of aromatic nitrogens is 2. The van der Waals surface area contributed by atoms with Crippen LogP contribution in [0.5, 0.6) is 5.75 Å². The van der Waals surface area contributed by atoms with Gasteiger partial charge in [0.05, 0.1) is 23.4 Å². The first kappa shape index (κ1) is 20.6. The van der Waals surface area contributed by atoms with E-state index in [9.17, 15) is 19.5 Å². The molecule has 0 aliphatic heterocycles. The van der Waals surface area contributed by atoms with E-state index in [-0.39, 0.29) is 27.6 Å². The number of hydrogen-bond acceptors (Lipinski definition) is 4. The van der Waals surface area contributed by atoms with E-state index in [0.717, 1.165) is 11.1 Å². The third-order valence-corrected chi connectivity index (χ3v) is 4.99. The summed E-state index contributed by atoms with van der Waals surface area (Å²) in [6.45, 7) is 4.06. The first-order valence-corrected chi connectivity index (χ1v) is 8.86. The largest absolute Gasteiger partial charge is 0.503 e. The molecule has 0 aliphatic rings. The maximum Gasteiger partial charge on any atom is 0.279 e. The van der Waals surface area contributed by atoms with Crippen molar-refractivity contribution in [1.29, 1.82) is 0 Å². The van der Waals surface area contributed by atoms with Crippen LogP contribution in [0, 0.1) is 13.8 Å². The molecular formula is C22H18N2NiO4. The minimum atomic E-state index is -0.952. The molecule has 0 atom stereocenters. The molecule has 1 aromatic heterocycles. The average Bonchev–Trinajstić information content (AvgIpc) is 2.94. The normalized spacial score (nSPS) is 10.8. The fourth-order valence-corrected chi connectivity index (χ4v) is 3.44. The van der Waals surface area contributed by atoms with E-state index in [1.54, 1.807) is 11.6 Å². The number of rotatable bonds is 4. The van der Waals surface area contributed by atoms with E-state index >= 15 is 0 Å². The zero-order valence-electron chi connectivity index (χ0n) is 15.8. The van der Waals surface area contributed by atoms with Crippen LogP contribution in [0.15, 0.2) is 69.0 Å². The van der Waals surface area contributed by atoms with Crippen LogP contribution in [0.3, 0.4) is 0 Å². The van der Waals surface area contributed by atoms with Crippen LogP contribution in [-0.4, -0.2) is 14.5 Å². The molecule has 0 saturated heterocycles. The Labute approximate surface area is 176 Å². The SMILES string of the molecule is Cc1ccc(-n2c(=O)c(-c3c(O)c(=O)c3=O)c(C)n2Cc2ccccc2)cc1.[Ni]. The predicted octanol–water partition coefficient (Wildman–Crippen LogP) is 2.27. The summed E-state index contributed by atoms with van der Waals surface area (Å²) in [5, 5.41) is 9.90. The molecule has 1 N–H and O–H groups in total. The van der Waals surface area contributed by atoms with Gasteiger partial charge in [0.1, 0.15) is 0 Å². The van der Waals surface area contributed by atoms with Crippen molar-refractivity contribution in [2.24, 2.45) is 0 Å². The molecule has 0 amide bonds. The van der Waals surface area contributed by atoms with Crippen molar-refractivity contribution in [3.8, 4) is 22.6 Å². The Bertz CT molecular complexity index is 1310. The van der Waals surface area contributed by atoms with Crippen LogP contribution >= 0.6 is 0 Å². The Balaban J connectivity index is 0.00000240. The molecule has 7 heteroatoms. The van der Waals surface area contributed by atoms with Gasteiger partial charge in [0, 0.05) is 22.2 Å². The summed E-state index contributed by atoms with van der Waals surface area (Å²) in [5.74, 6) is -0.641. The van der Waals surface area contributed by atoms with Gasteiger partial charge in [-0.3, -0.25) is 19.1 Å². The van der Waals surface area contributed by atoms with Crippen molar-refractivity contribution < 1.29 is 21.6 Å². The zero-order valence-corrected chi connectivity index (χ0v) is 16.8. The van der Waals surface area contributed by atoms with Gasteiger partial charge in [-0.1, -0.05) is 48.0 Å². The number of nitrogens with zero attached hydrogens (tertiary/aromatic N) is 2. The van der Waals surface area contributed by atoms with Crippen LogP contribution in [-0.2, 0) is 23.0 Å². The smallest absolute Gasteiger partial charge is 0.279 e. The molecule has 0 unspecified atom stereocenters. The minimum Gasteiger partial charge on any atom is -0.503 e. The Morgan fingerprint density at radius 2 is 1.45 bits per heavy atom. The average molecular weight is 433 g/mol. The van der Waals surface area contributed by atoms with E-state index in [1.165, 1.54) is 4.68 Å². The number of hydrogen-bond donors (Lipinski definition) is 1. The molecule has 0 spiro atoms. The van der Waals surface area contributed by atoms with E-state index in [0.29, 0.717) is 17.9 Å². The second-order valence-electron chi connectivity index (χ2n) is 6.84. The fourth-order valence-electron chi connectivity index (χ4n) is 3.44. The van der Waals surface area contributed by atoms with Gasteiger partial charge in [0.15, 0.2) is 5.75 Å². The molecule has 0 bridgehead atoms. The van der Waals surface area contributed by atoms with Crippen LogP contribution < -0.4 is 16.4 Å². The monoisotopic (exact) mass is 432 g/mol. The van der Waals surface area contributed by atoms with Gasteiger partial charge in [-0.05, 0) is 31.5 Å². The van der Waals surface area contributed by atoms with Crippen molar-refractivity contribution >= 4 is 0 Å². The summed E-state index contributed by atoms with van der Waals surface area (Å²) < 4.78 is 3.24. The van der Waals surface area contributed by atoms with Crippen molar-refractivity contribution in [3.05, 3.63) is 102 Å². The summed E-state index contributed by atoms with van der Waals surface area (Å²) >= 11 is 0. The van der Waals surface area contributed by atoms with E-state index in [4.69, 9.17) is 0 Å². The summed E-state index contributed by atoms with van der Waals surface area (Å²) in [6, 6.07) is 17.0. The molecular weight excluding hydrogens is 415 g/mol. The van der Waals surface area contributed by atoms with Crippen LogP contribution in [0.4, 0.5) is 0 Å². The van der Waals surface area contributed by atoms with Crippen LogP contribution in [0.1, 0.15) is 16.8 Å². The molecule has 3 aromatic carbocycles. The third kappa shape index (κ3) is 3.28. The molecule has 150 valence electrons. The number of aryl methyl sites for hydroxylation is 1. The quantitative estimate of drug-likeness (QED) is 0.396. The van der Waals surface area contributed by atoms with E-state index in [2.05, 4.69) is 0 Å². The molecule has 0 saturated carbocycles. The molecule has 1 heterocycles. The Kier molecular flexibility index (Phi) is 5.45. The second-order valence-corrected chi connectivity index (χ2v) is 6.84. The Morgan fingerprint density at radius 1 is 0.828 bits per heavy atom. The van der Waals surface area contributed by atoms with Crippen molar-refractivity contribution in [1.82, 2.24) is 9.36 Å². The summed E-state index contributed by atoms with van der Waals surface area (Å²) in [4.78, 5) is 36.7. The predicted molar refractivity (Wildman–Crippen MR) is 107 cm³/mol. The summed E-state index contributed by atoms with van der Waals surface area (Å²) in [7, 11) is 0. The van der Waals surface area contributed by atoms with E-state index in [1.807, 2.05) is 61.5 Å². The molecule has 0 radical (unpaired) electrons. The molecule has 29 heavy (non-hydrogen) atoms. The molecule has 4 aromatic rings. The number of aromatic hydroxyl groups is 1. The van der Waals surface area contributed by atoms with Gasteiger partial charge in [0.25, 0.3) is 11.0 Å². The van der Waals surface area contributed by atoms with Gasteiger partial charge in [-0.15, -0.1) is 0 Å². The molecule has 0 aliphatic carbocycles. The van der Waals surface area contributed by atoms with Crippen molar-refractivity contribution in [2.45, 2.75) is 20.4 Å². The number of benzene rings is 2. The van der Waals surface area contributed by atoms with Gasteiger partial charge in [-0.2, -0.15) is 0 Å². The summed E-state index contributed by atoms with van der Waals surface area (Å²) in [5.41, 5.74) is 0.823. The Morgan fingerprint density at radius 3 is 2.03 bits per heavy atom. The summed E-state index contributed by atoms with van der Waals surface area (Å²) in [6.07, 6.45) is 0. The first-order chi connectivity index (χ1) is 13.4. The zero-order chi connectivity index (χ0) is 20.0. The maximum atomic E-state index is 13.3. The molecule has 0 fully saturated rings. The molecule has 4 rings (SSSR count). The van der Waals surface area contributed by atoms with Crippen LogP contribution in [0.25, 0.3) is 16.8 Å². The molecule has 6 nitrogen and oxygen atoms in total. The van der Waals surface area contributed by atoms with Gasteiger partial charge >= 0.3 is 0 Å². The van der Waals surface area contributed by atoms with Gasteiger partial charge in [0.2, 0.25) is 5.43 Å².